The number of oxime groups is 1. The Morgan fingerprint density at radius 3 is 2.53 bits per heavy atom. The molecule has 0 aromatic heterocycles. The molecule has 13 heteroatoms. The number of non-ortho nitro benzene ring substituents is 1. The van der Waals surface area contributed by atoms with Gasteiger partial charge in [-0.25, -0.2) is 0 Å². The highest BCUT2D eigenvalue weighted by Gasteiger charge is 2.65. The Morgan fingerprint density at radius 1 is 1.10 bits per heavy atom. The Kier molecular flexibility index (Phi) is 13.8. The Balaban J connectivity index is 1.38. The van der Waals surface area contributed by atoms with Crippen molar-refractivity contribution in [1.29, 1.82) is 0 Å². The number of nitro benzene ring substituents is 1. The van der Waals surface area contributed by atoms with E-state index < -0.39 is 22.7 Å². The van der Waals surface area contributed by atoms with Gasteiger partial charge in [0.25, 0.3) is 5.69 Å². The van der Waals surface area contributed by atoms with Crippen molar-refractivity contribution < 1.29 is 39.0 Å². The SMILES string of the molecule is C=CCOC12Oc3ccc(OCCN4CC4)cc3C3C(CCCCO)C(CCCCO)C=C(C(=NOCc4ccc([N+](=O)[O-])cc4)CC1N(CCC)C(=O)C1CC1)C32. The van der Waals surface area contributed by atoms with Crippen LogP contribution >= 0.6 is 0 Å². The first-order chi connectivity index (χ1) is 28.3. The van der Waals surface area contributed by atoms with Gasteiger partial charge in [0.15, 0.2) is 0 Å². The van der Waals surface area contributed by atoms with Crippen molar-refractivity contribution in [2.75, 3.05) is 52.6 Å². The highest BCUT2D eigenvalue weighted by atomic mass is 16.7. The predicted octanol–water partition coefficient (Wildman–Crippen LogP) is 6.77. The minimum absolute atomic E-state index is 0.00316. The molecule has 13 nitrogen and oxygen atoms in total. The second-order valence-corrected chi connectivity index (χ2v) is 16.5. The number of hydrogen-bond acceptors (Lipinski definition) is 11. The van der Waals surface area contributed by atoms with E-state index in [0.717, 1.165) is 92.7 Å². The van der Waals surface area contributed by atoms with Gasteiger partial charge in [0, 0.05) is 75.3 Å². The molecule has 0 bridgehead atoms. The smallest absolute Gasteiger partial charge is 0.269 e. The molecule has 2 aromatic rings. The van der Waals surface area contributed by atoms with E-state index in [1.807, 2.05) is 17.0 Å². The Bertz CT molecular complexity index is 1810. The minimum atomic E-state index is -1.29. The topological polar surface area (TPSA) is 156 Å². The number of amides is 1. The number of allylic oxidation sites excluding steroid dienone is 1. The molecule has 2 N–H and O–H groups in total. The van der Waals surface area contributed by atoms with Crippen molar-refractivity contribution in [2.24, 2.45) is 28.8 Å². The molecule has 1 saturated heterocycles. The third-order valence-corrected chi connectivity index (χ3v) is 12.5. The van der Waals surface area contributed by atoms with Gasteiger partial charge in [-0.05, 0) is 98.2 Å². The highest BCUT2D eigenvalue weighted by molar-refractivity contribution is 6.03. The molecule has 3 aliphatic carbocycles. The molecule has 0 radical (unpaired) electrons. The van der Waals surface area contributed by atoms with Crippen LogP contribution in [0.15, 0.2) is 71.9 Å². The number of carbonyl (C=O) groups excluding carboxylic acids is 1. The summed E-state index contributed by atoms with van der Waals surface area (Å²) in [4.78, 5) is 35.7. The van der Waals surface area contributed by atoms with Crippen LogP contribution < -0.4 is 9.47 Å². The van der Waals surface area contributed by atoms with Gasteiger partial charge in [0.05, 0.1) is 23.2 Å². The number of ether oxygens (including phenoxy) is 3. The van der Waals surface area contributed by atoms with Crippen molar-refractivity contribution in [3.05, 3.63) is 88.0 Å². The number of fused-ring (bicyclic) bond motifs is 2. The molecule has 6 unspecified atom stereocenters. The Hall–Kier alpha value is -4.30. The molecule has 5 aliphatic rings. The second-order valence-electron chi connectivity index (χ2n) is 16.5. The summed E-state index contributed by atoms with van der Waals surface area (Å²) in [5.41, 5.74) is 3.47. The summed E-state index contributed by atoms with van der Waals surface area (Å²) in [6.45, 7) is 10.8. The molecule has 2 saturated carbocycles. The van der Waals surface area contributed by atoms with Gasteiger partial charge in [-0.3, -0.25) is 19.8 Å². The number of aliphatic hydroxyl groups excluding tert-OH is 2. The summed E-state index contributed by atoms with van der Waals surface area (Å²) < 4.78 is 20.8. The van der Waals surface area contributed by atoms with Crippen LogP contribution in [0.5, 0.6) is 11.5 Å². The average molecular weight is 801 g/mol. The first-order valence-corrected chi connectivity index (χ1v) is 21.4. The van der Waals surface area contributed by atoms with E-state index >= 15 is 0 Å². The van der Waals surface area contributed by atoms with Gasteiger partial charge in [-0.15, -0.1) is 6.58 Å². The lowest BCUT2D eigenvalue weighted by atomic mass is 9.55. The van der Waals surface area contributed by atoms with Crippen LogP contribution in [0.4, 0.5) is 5.69 Å². The first-order valence-electron chi connectivity index (χ1n) is 21.4. The third-order valence-electron chi connectivity index (χ3n) is 12.5. The summed E-state index contributed by atoms with van der Waals surface area (Å²) in [7, 11) is 0. The van der Waals surface area contributed by atoms with Gasteiger partial charge < -0.3 is 34.2 Å². The maximum Gasteiger partial charge on any atom is 0.269 e. The number of aliphatic hydroxyl groups is 2. The zero-order valence-corrected chi connectivity index (χ0v) is 33.8. The fraction of sp³-hybridized carbons (Fsp3) is 0.600. The summed E-state index contributed by atoms with van der Waals surface area (Å²) in [6.07, 6.45) is 11.6. The summed E-state index contributed by atoms with van der Waals surface area (Å²) >= 11 is 0. The number of benzene rings is 2. The van der Waals surface area contributed by atoms with Crippen LogP contribution in [0, 0.1) is 33.8 Å². The predicted molar refractivity (Wildman–Crippen MR) is 220 cm³/mol. The first kappa shape index (κ1) is 41.8. The zero-order chi connectivity index (χ0) is 40.6. The molecular weight excluding hydrogens is 741 g/mol. The Labute approximate surface area is 341 Å². The fourth-order valence-corrected chi connectivity index (χ4v) is 9.45. The van der Waals surface area contributed by atoms with E-state index in [1.165, 1.54) is 12.1 Å². The van der Waals surface area contributed by atoms with Crippen LogP contribution in [0.1, 0.15) is 88.2 Å². The number of rotatable bonds is 23. The van der Waals surface area contributed by atoms with Crippen molar-refractivity contribution >= 4 is 17.3 Å². The molecule has 2 aromatic carbocycles. The maximum absolute atomic E-state index is 14.4. The number of carbonyl (C=O) groups is 1. The fourth-order valence-electron chi connectivity index (χ4n) is 9.45. The van der Waals surface area contributed by atoms with Crippen molar-refractivity contribution in [2.45, 2.75) is 95.5 Å². The van der Waals surface area contributed by atoms with E-state index in [9.17, 15) is 25.1 Å². The van der Waals surface area contributed by atoms with E-state index in [0.29, 0.717) is 38.2 Å². The lowest BCUT2D eigenvalue weighted by Gasteiger charge is -2.60. The summed E-state index contributed by atoms with van der Waals surface area (Å²) in [6, 6.07) is 11.8. The van der Waals surface area contributed by atoms with E-state index in [-0.39, 0.29) is 61.7 Å². The molecule has 2 aliphatic heterocycles. The number of unbranched alkanes of at least 4 members (excludes halogenated alkanes) is 2. The minimum Gasteiger partial charge on any atom is -0.492 e. The molecule has 2 heterocycles. The van der Waals surface area contributed by atoms with Crippen LogP contribution in [-0.4, -0.2) is 101 Å². The maximum atomic E-state index is 14.4. The van der Waals surface area contributed by atoms with Gasteiger partial charge in [-0.2, -0.15) is 0 Å². The number of nitro groups is 1. The van der Waals surface area contributed by atoms with E-state index in [4.69, 9.17) is 24.2 Å². The number of nitrogens with zero attached hydrogens (tertiary/aromatic N) is 4. The average Bonchev–Trinajstić information content (AvgIpc) is 4.17. The molecule has 58 heavy (non-hydrogen) atoms. The Morgan fingerprint density at radius 2 is 1.86 bits per heavy atom. The second kappa shape index (κ2) is 19.2. The highest BCUT2D eigenvalue weighted by Crippen LogP contribution is 2.62. The van der Waals surface area contributed by atoms with E-state index in [2.05, 4.69) is 30.5 Å². The molecule has 3 fully saturated rings. The molecule has 7 rings (SSSR count). The number of hydrogen-bond donors (Lipinski definition) is 2. The lowest BCUT2D eigenvalue weighted by Crippen LogP contribution is -2.70. The standard InChI is InChI=1S/C45H60N4O9/c1-3-19-48(44(52)32-13-14-32)41-29-39(46-57-30-31-11-15-34(16-12-31)49(53)54)37-27-33(9-5-7-23-50)36(10-6-8-24-51)42-38-28-35(55-26-22-47-20-21-47)17-18-40(38)58-45(41,43(37)42)56-25-4-2/h4,11-12,15-18,27-28,32-33,36,41-43,50-51H,2-3,5-10,13-14,19-26,29-30H2,1H3. The van der Waals surface area contributed by atoms with Crippen molar-refractivity contribution in [3.8, 4) is 11.5 Å². The van der Waals surface area contributed by atoms with Crippen LogP contribution in [0.2, 0.25) is 0 Å². The largest absolute Gasteiger partial charge is 0.492 e. The lowest BCUT2D eigenvalue weighted by molar-refractivity contribution is -0.384. The van der Waals surface area contributed by atoms with Gasteiger partial charge in [0.1, 0.15) is 30.8 Å². The van der Waals surface area contributed by atoms with Crippen LogP contribution in [0.25, 0.3) is 0 Å². The summed E-state index contributed by atoms with van der Waals surface area (Å²) in [5.74, 6) is -0.0555. The molecule has 314 valence electrons. The van der Waals surface area contributed by atoms with Crippen molar-refractivity contribution in [3.63, 3.8) is 0 Å². The molecule has 0 spiro atoms. The normalized spacial score (nSPS) is 26.5. The van der Waals surface area contributed by atoms with Crippen LogP contribution in [-0.2, 0) is 21.0 Å². The summed E-state index contributed by atoms with van der Waals surface area (Å²) in [5, 5.41) is 36.0. The monoisotopic (exact) mass is 800 g/mol. The molecule has 6 atom stereocenters. The van der Waals surface area contributed by atoms with Gasteiger partial charge in [-0.1, -0.05) is 37.1 Å². The molecule has 1 amide bonds. The van der Waals surface area contributed by atoms with Gasteiger partial charge >= 0.3 is 0 Å². The van der Waals surface area contributed by atoms with Crippen LogP contribution in [0.3, 0.4) is 0 Å². The van der Waals surface area contributed by atoms with Crippen molar-refractivity contribution in [1.82, 2.24) is 9.80 Å². The quantitative estimate of drug-likeness (QED) is 0.0404. The molecular formula is C45H60N4O9. The van der Waals surface area contributed by atoms with E-state index in [1.54, 1.807) is 18.2 Å². The zero-order valence-electron chi connectivity index (χ0n) is 33.8. The van der Waals surface area contributed by atoms with Gasteiger partial charge in [0.2, 0.25) is 11.7 Å². The third kappa shape index (κ3) is 9.28.